The Morgan fingerprint density at radius 2 is 2.21 bits per heavy atom. The predicted octanol–water partition coefficient (Wildman–Crippen LogP) is 3.55. The first-order chi connectivity index (χ1) is 11.5. The fourth-order valence-electron chi connectivity index (χ4n) is 2.65. The zero-order valence-electron chi connectivity index (χ0n) is 12.7. The highest BCUT2D eigenvalue weighted by Gasteiger charge is 2.19. The number of ether oxygens (including phenoxy) is 2. The Hall–Kier alpha value is -2.48. The Labute approximate surface area is 136 Å². The Bertz CT molecular complexity index is 727. The molecule has 0 radical (unpaired) electrons. The minimum atomic E-state index is -3.10. The third kappa shape index (κ3) is 3.53. The van der Waals surface area contributed by atoms with E-state index < -0.39 is 12.6 Å². The van der Waals surface area contributed by atoms with Gasteiger partial charge >= 0.3 is 12.6 Å². The van der Waals surface area contributed by atoms with Crippen molar-refractivity contribution < 1.29 is 28.2 Å². The summed E-state index contributed by atoms with van der Waals surface area (Å²) in [4.78, 5) is 11.1. The molecular weight excluding hydrogens is 322 g/mol. The second-order valence-corrected chi connectivity index (χ2v) is 5.42. The van der Waals surface area contributed by atoms with Gasteiger partial charge in [-0.3, -0.25) is 0 Å². The number of aromatic carboxylic acids is 1. The molecule has 24 heavy (non-hydrogen) atoms. The molecule has 8 heteroatoms. The molecule has 0 spiro atoms. The second-order valence-electron chi connectivity index (χ2n) is 5.42. The first-order valence-corrected chi connectivity index (χ1v) is 7.53. The molecule has 128 valence electrons. The summed E-state index contributed by atoms with van der Waals surface area (Å²) in [5, 5.41) is 13.3. The molecule has 1 aromatic heterocycles. The molecule has 3 rings (SSSR count). The van der Waals surface area contributed by atoms with Crippen LogP contribution in [0, 0.1) is 0 Å². The highest BCUT2D eigenvalue weighted by Crippen LogP contribution is 2.30. The Morgan fingerprint density at radius 1 is 1.38 bits per heavy atom. The highest BCUT2D eigenvalue weighted by molar-refractivity contribution is 5.92. The summed E-state index contributed by atoms with van der Waals surface area (Å²) in [6, 6.07) is 4.05. The summed E-state index contributed by atoms with van der Waals surface area (Å²) < 4.78 is 36.6. The molecule has 2 aromatic rings. The van der Waals surface area contributed by atoms with E-state index in [9.17, 15) is 13.6 Å². The number of halogens is 2. The molecule has 1 atom stereocenters. The van der Waals surface area contributed by atoms with Gasteiger partial charge in [-0.2, -0.15) is 13.9 Å². The van der Waals surface area contributed by atoms with Crippen molar-refractivity contribution in [1.82, 2.24) is 9.78 Å². The normalized spacial score (nSPS) is 17.9. The number of carbonyl (C=O) groups is 1. The third-order valence-electron chi connectivity index (χ3n) is 3.81. The lowest BCUT2D eigenvalue weighted by atomic mass is 10.1. The average Bonchev–Trinajstić information content (AvgIpc) is 3.05. The van der Waals surface area contributed by atoms with Crippen molar-refractivity contribution >= 4 is 5.97 Å². The van der Waals surface area contributed by atoms with E-state index in [-0.39, 0.29) is 17.5 Å². The van der Waals surface area contributed by atoms with Crippen LogP contribution in [0.2, 0.25) is 0 Å². The van der Waals surface area contributed by atoms with Gasteiger partial charge in [-0.25, -0.2) is 9.48 Å². The van der Waals surface area contributed by atoms with Gasteiger partial charge in [0.05, 0.1) is 6.20 Å². The van der Waals surface area contributed by atoms with E-state index >= 15 is 0 Å². The summed E-state index contributed by atoms with van der Waals surface area (Å²) in [5.41, 5.74) is 0.889. The van der Waals surface area contributed by atoms with Crippen LogP contribution < -0.4 is 4.74 Å². The van der Waals surface area contributed by atoms with Crippen molar-refractivity contribution in [1.29, 1.82) is 0 Å². The fourth-order valence-corrected chi connectivity index (χ4v) is 2.65. The number of nitrogens with zero attached hydrogens (tertiary/aromatic N) is 2. The minimum absolute atomic E-state index is 0.137. The maximum Gasteiger partial charge on any atom is 0.387 e. The molecule has 1 unspecified atom stereocenters. The summed E-state index contributed by atoms with van der Waals surface area (Å²) in [7, 11) is 0. The van der Waals surface area contributed by atoms with Crippen molar-refractivity contribution in [2.75, 3.05) is 6.61 Å². The molecule has 1 saturated heterocycles. The van der Waals surface area contributed by atoms with Crippen LogP contribution in [0.15, 0.2) is 30.6 Å². The van der Waals surface area contributed by atoms with Crippen molar-refractivity contribution in [2.45, 2.75) is 32.1 Å². The third-order valence-corrected chi connectivity index (χ3v) is 3.81. The van der Waals surface area contributed by atoms with E-state index in [4.69, 9.17) is 9.84 Å². The van der Waals surface area contributed by atoms with Crippen LogP contribution in [-0.4, -0.2) is 34.1 Å². The first-order valence-electron chi connectivity index (χ1n) is 7.53. The summed E-state index contributed by atoms with van der Waals surface area (Å²) in [6.45, 7) is -2.42. The zero-order chi connectivity index (χ0) is 17.1. The summed E-state index contributed by atoms with van der Waals surface area (Å²) >= 11 is 0. The van der Waals surface area contributed by atoms with Crippen LogP contribution >= 0.6 is 0 Å². The maximum absolute atomic E-state index is 12.5. The molecule has 6 nitrogen and oxygen atoms in total. The Kier molecular flexibility index (Phi) is 4.75. The molecule has 0 amide bonds. The predicted molar refractivity (Wildman–Crippen MR) is 80.1 cm³/mol. The summed E-state index contributed by atoms with van der Waals surface area (Å²) in [6.07, 6.45) is 6.13. The monoisotopic (exact) mass is 338 g/mol. The minimum Gasteiger partial charge on any atom is -0.478 e. The van der Waals surface area contributed by atoms with E-state index in [0.717, 1.165) is 19.3 Å². The molecule has 1 fully saturated rings. The van der Waals surface area contributed by atoms with Gasteiger partial charge < -0.3 is 14.6 Å². The number of benzene rings is 1. The lowest BCUT2D eigenvalue weighted by Gasteiger charge is -2.22. The number of rotatable bonds is 5. The van der Waals surface area contributed by atoms with E-state index in [1.165, 1.54) is 18.2 Å². The lowest BCUT2D eigenvalue weighted by Crippen LogP contribution is -2.18. The fraction of sp³-hybridized carbons (Fsp3) is 0.375. The van der Waals surface area contributed by atoms with Crippen LogP contribution in [0.1, 0.15) is 35.8 Å². The Balaban J connectivity index is 1.88. The average molecular weight is 338 g/mol. The number of hydrogen-bond acceptors (Lipinski definition) is 4. The molecule has 2 heterocycles. The van der Waals surface area contributed by atoms with Crippen LogP contribution in [-0.2, 0) is 4.74 Å². The zero-order valence-corrected chi connectivity index (χ0v) is 12.7. The molecule has 0 saturated carbocycles. The molecule has 0 aliphatic carbocycles. The van der Waals surface area contributed by atoms with E-state index in [2.05, 4.69) is 9.84 Å². The molecule has 1 aliphatic heterocycles. The number of hydrogen-bond donors (Lipinski definition) is 1. The largest absolute Gasteiger partial charge is 0.478 e. The SMILES string of the molecule is O=C(O)c1ccc(-c2cnn(C3CCCCO3)c2)cc1OC(F)F. The lowest BCUT2D eigenvalue weighted by molar-refractivity contribution is -0.0503. The topological polar surface area (TPSA) is 73.6 Å². The van der Waals surface area contributed by atoms with Gasteiger partial charge in [0.15, 0.2) is 0 Å². The summed E-state index contributed by atoms with van der Waals surface area (Å²) in [5.74, 6) is -1.71. The van der Waals surface area contributed by atoms with Gasteiger partial charge in [0, 0.05) is 18.4 Å². The van der Waals surface area contributed by atoms with Gasteiger partial charge in [0.2, 0.25) is 0 Å². The molecule has 1 N–H and O–H groups in total. The van der Waals surface area contributed by atoms with Gasteiger partial charge in [-0.15, -0.1) is 0 Å². The molecule has 0 bridgehead atoms. The quantitative estimate of drug-likeness (QED) is 0.902. The van der Waals surface area contributed by atoms with Crippen molar-refractivity contribution in [2.24, 2.45) is 0 Å². The standard InChI is InChI=1S/C16H16F2N2O4/c17-16(18)24-13-7-10(4-5-12(13)15(21)22)11-8-19-20(9-11)14-3-1-2-6-23-14/h4-5,7-9,14,16H,1-3,6H2,(H,21,22). The van der Waals surface area contributed by atoms with Crippen molar-refractivity contribution in [3.05, 3.63) is 36.2 Å². The van der Waals surface area contributed by atoms with Gasteiger partial charge in [0.25, 0.3) is 0 Å². The second kappa shape index (κ2) is 6.96. The Morgan fingerprint density at radius 3 is 2.88 bits per heavy atom. The van der Waals surface area contributed by atoms with E-state index in [1.807, 2.05) is 0 Å². The maximum atomic E-state index is 12.5. The first kappa shape index (κ1) is 16.4. The van der Waals surface area contributed by atoms with Crippen LogP contribution in [0.5, 0.6) is 5.75 Å². The van der Waals surface area contributed by atoms with E-state index in [0.29, 0.717) is 17.7 Å². The van der Waals surface area contributed by atoms with Crippen LogP contribution in [0.3, 0.4) is 0 Å². The molecule has 1 aliphatic rings. The number of aromatic nitrogens is 2. The van der Waals surface area contributed by atoms with Gasteiger partial charge in [-0.05, 0) is 37.0 Å². The van der Waals surface area contributed by atoms with E-state index in [1.54, 1.807) is 17.1 Å². The van der Waals surface area contributed by atoms with Crippen molar-refractivity contribution in [3.8, 4) is 16.9 Å². The number of alkyl halides is 2. The highest BCUT2D eigenvalue weighted by atomic mass is 19.3. The van der Waals surface area contributed by atoms with Crippen LogP contribution in [0.4, 0.5) is 8.78 Å². The van der Waals surface area contributed by atoms with Crippen LogP contribution in [0.25, 0.3) is 11.1 Å². The number of carboxylic acid groups (broad SMARTS) is 1. The van der Waals surface area contributed by atoms with Crippen molar-refractivity contribution in [3.63, 3.8) is 0 Å². The number of carboxylic acids is 1. The van der Waals surface area contributed by atoms with Gasteiger partial charge in [-0.1, -0.05) is 6.07 Å². The van der Waals surface area contributed by atoms with Gasteiger partial charge in [0.1, 0.15) is 17.5 Å². The molecular formula is C16H16F2N2O4. The molecule has 1 aromatic carbocycles. The smallest absolute Gasteiger partial charge is 0.387 e.